The first-order valence-corrected chi connectivity index (χ1v) is 7.84. The van der Waals surface area contributed by atoms with Gasteiger partial charge < -0.3 is 9.64 Å². The third-order valence-corrected chi connectivity index (χ3v) is 4.77. The Morgan fingerprint density at radius 3 is 2.90 bits per heavy atom. The smallest absolute Gasteiger partial charge is 0.262 e. The van der Waals surface area contributed by atoms with E-state index in [1.54, 1.807) is 4.90 Å². The molecule has 1 aliphatic heterocycles. The van der Waals surface area contributed by atoms with Crippen LogP contribution in [0.25, 0.3) is 10.2 Å². The van der Waals surface area contributed by atoms with E-state index in [0.717, 1.165) is 16.1 Å². The molecule has 0 saturated carbocycles. The van der Waals surface area contributed by atoms with E-state index in [9.17, 15) is 9.59 Å². The lowest BCUT2D eigenvalue weighted by atomic mass is 10.3. The van der Waals surface area contributed by atoms with E-state index in [1.165, 1.54) is 22.2 Å². The van der Waals surface area contributed by atoms with Gasteiger partial charge in [-0.2, -0.15) is 0 Å². The molecule has 2 aromatic heterocycles. The second-order valence-corrected chi connectivity index (χ2v) is 6.07. The van der Waals surface area contributed by atoms with Crippen LogP contribution < -0.4 is 5.56 Å². The molecule has 0 spiro atoms. The van der Waals surface area contributed by atoms with Crippen LogP contribution in [-0.2, 0) is 22.5 Å². The SMILES string of the molecule is CCc1cc2c(=O)n(CC(=O)N3CCOCC3)cnc2s1. The minimum atomic E-state index is -0.141. The summed E-state index contributed by atoms with van der Waals surface area (Å²) in [5.74, 6) is -0.0625. The van der Waals surface area contributed by atoms with Crippen LogP contribution in [-0.4, -0.2) is 46.7 Å². The van der Waals surface area contributed by atoms with E-state index in [1.807, 2.05) is 13.0 Å². The molecule has 0 atom stereocenters. The fraction of sp³-hybridized carbons (Fsp3) is 0.500. The van der Waals surface area contributed by atoms with Gasteiger partial charge in [0.05, 0.1) is 24.9 Å². The molecule has 0 aliphatic carbocycles. The third-order valence-electron chi connectivity index (χ3n) is 3.59. The van der Waals surface area contributed by atoms with Gasteiger partial charge in [-0.1, -0.05) is 6.92 Å². The molecule has 112 valence electrons. The highest BCUT2D eigenvalue weighted by atomic mass is 32.1. The lowest BCUT2D eigenvalue weighted by Gasteiger charge is -2.26. The Kier molecular flexibility index (Phi) is 4.03. The monoisotopic (exact) mass is 307 g/mol. The number of ether oxygens (including phenoxy) is 1. The summed E-state index contributed by atoms with van der Waals surface area (Å²) in [5.41, 5.74) is -0.141. The zero-order valence-corrected chi connectivity index (χ0v) is 12.7. The zero-order chi connectivity index (χ0) is 14.8. The predicted octanol–water partition coefficient (Wildman–Crippen LogP) is 0.879. The molecule has 1 saturated heterocycles. The van der Waals surface area contributed by atoms with E-state index in [-0.39, 0.29) is 18.0 Å². The second kappa shape index (κ2) is 5.95. The first-order valence-electron chi connectivity index (χ1n) is 7.02. The molecule has 1 amide bonds. The molecule has 0 N–H and O–H groups in total. The van der Waals surface area contributed by atoms with Crippen LogP contribution in [0.5, 0.6) is 0 Å². The van der Waals surface area contributed by atoms with Crippen molar-refractivity contribution in [1.29, 1.82) is 0 Å². The van der Waals surface area contributed by atoms with Gasteiger partial charge in [-0.15, -0.1) is 11.3 Å². The number of thiophene rings is 1. The van der Waals surface area contributed by atoms with E-state index >= 15 is 0 Å². The Labute approximate surface area is 126 Å². The number of morpholine rings is 1. The van der Waals surface area contributed by atoms with Crippen LogP contribution in [0, 0.1) is 0 Å². The third kappa shape index (κ3) is 2.84. The van der Waals surface area contributed by atoms with Crippen LogP contribution in [0.2, 0.25) is 0 Å². The van der Waals surface area contributed by atoms with E-state index in [0.29, 0.717) is 31.7 Å². The van der Waals surface area contributed by atoms with Gasteiger partial charge in [-0.05, 0) is 12.5 Å². The quantitative estimate of drug-likeness (QED) is 0.844. The largest absolute Gasteiger partial charge is 0.378 e. The molecule has 6 nitrogen and oxygen atoms in total. The van der Waals surface area contributed by atoms with Gasteiger partial charge in [0, 0.05) is 18.0 Å². The summed E-state index contributed by atoms with van der Waals surface area (Å²) in [4.78, 5) is 32.5. The van der Waals surface area contributed by atoms with Crippen molar-refractivity contribution in [3.8, 4) is 0 Å². The average Bonchev–Trinajstić information content (AvgIpc) is 2.95. The fourth-order valence-corrected chi connectivity index (χ4v) is 3.28. The highest BCUT2D eigenvalue weighted by Crippen LogP contribution is 2.20. The molecule has 7 heteroatoms. The molecule has 21 heavy (non-hydrogen) atoms. The predicted molar refractivity (Wildman–Crippen MR) is 80.7 cm³/mol. The minimum Gasteiger partial charge on any atom is -0.378 e. The Balaban J connectivity index is 1.85. The molecule has 3 heterocycles. The van der Waals surface area contributed by atoms with Crippen LogP contribution >= 0.6 is 11.3 Å². The van der Waals surface area contributed by atoms with E-state index in [4.69, 9.17) is 4.74 Å². The van der Waals surface area contributed by atoms with Crippen molar-refractivity contribution in [2.75, 3.05) is 26.3 Å². The topological polar surface area (TPSA) is 64.4 Å². The van der Waals surface area contributed by atoms with Crippen LogP contribution in [0.15, 0.2) is 17.2 Å². The maximum absolute atomic E-state index is 12.4. The number of amides is 1. The van der Waals surface area contributed by atoms with Crippen molar-refractivity contribution in [3.63, 3.8) is 0 Å². The maximum Gasteiger partial charge on any atom is 0.262 e. The summed E-state index contributed by atoms with van der Waals surface area (Å²) < 4.78 is 6.62. The maximum atomic E-state index is 12.4. The van der Waals surface area contributed by atoms with Crippen LogP contribution in [0.4, 0.5) is 0 Å². The zero-order valence-electron chi connectivity index (χ0n) is 11.9. The fourth-order valence-electron chi connectivity index (χ4n) is 2.36. The number of carbonyl (C=O) groups excluding carboxylic acids is 1. The first-order chi connectivity index (χ1) is 10.2. The van der Waals surface area contributed by atoms with Gasteiger partial charge in [0.1, 0.15) is 11.4 Å². The number of aryl methyl sites for hydroxylation is 1. The van der Waals surface area contributed by atoms with Gasteiger partial charge in [0.2, 0.25) is 5.91 Å². The van der Waals surface area contributed by atoms with Crippen LogP contribution in [0.3, 0.4) is 0 Å². The minimum absolute atomic E-state index is 0.0408. The molecule has 0 aromatic carbocycles. The molecule has 0 radical (unpaired) electrons. The number of aromatic nitrogens is 2. The van der Waals surface area contributed by atoms with Crippen molar-refractivity contribution in [2.45, 2.75) is 19.9 Å². The lowest BCUT2D eigenvalue weighted by molar-refractivity contribution is -0.135. The van der Waals surface area contributed by atoms with Crippen LogP contribution in [0.1, 0.15) is 11.8 Å². The van der Waals surface area contributed by atoms with Gasteiger partial charge in [-0.3, -0.25) is 14.2 Å². The molecular weight excluding hydrogens is 290 g/mol. The Morgan fingerprint density at radius 2 is 2.19 bits per heavy atom. The Hall–Kier alpha value is -1.73. The Morgan fingerprint density at radius 1 is 1.43 bits per heavy atom. The van der Waals surface area contributed by atoms with Crippen molar-refractivity contribution in [3.05, 3.63) is 27.6 Å². The van der Waals surface area contributed by atoms with Gasteiger partial charge in [-0.25, -0.2) is 4.98 Å². The Bertz CT molecular complexity index is 716. The lowest BCUT2D eigenvalue weighted by Crippen LogP contribution is -2.43. The summed E-state index contributed by atoms with van der Waals surface area (Å²) in [6, 6.07) is 1.88. The van der Waals surface area contributed by atoms with E-state index < -0.39 is 0 Å². The average molecular weight is 307 g/mol. The summed E-state index contributed by atoms with van der Waals surface area (Å²) >= 11 is 1.53. The number of nitrogens with zero attached hydrogens (tertiary/aromatic N) is 3. The van der Waals surface area contributed by atoms with E-state index in [2.05, 4.69) is 4.98 Å². The van der Waals surface area contributed by atoms with Crippen molar-refractivity contribution in [1.82, 2.24) is 14.5 Å². The van der Waals surface area contributed by atoms with Crippen molar-refractivity contribution >= 4 is 27.5 Å². The van der Waals surface area contributed by atoms with Gasteiger partial charge in [0.25, 0.3) is 5.56 Å². The highest BCUT2D eigenvalue weighted by Gasteiger charge is 2.18. The number of hydrogen-bond acceptors (Lipinski definition) is 5. The number of hydrogen-bond donors (Lipinski definition) is 0. The van der Waals surface area contributed by atoms with Crippen molar-refractivity contribution in [2.24, 2.45) is 0 Å². The molecule has 3 rings (SSSR count). The molecule has 0 unspecified atom stereocenters. The molecule has 2 aromatic rings. The standard InChI is InChI=1S/C14H17N3O3S/c1-2-10-7-11-13(21-10)15-9-17(14(11)19)8-12(18)16-3-5-20-6-4-16/h7,9H,2-6,8H2,1H3. The molecule has 1 fully saturated rings. The van der Waals surface area contributed by atoms with Gasteiger partial charge >= 0.3 is 0 Å². The summed E-state index contributed by atoms with van der Waals surface area (Å²) in [6.07, 6.45) is 2.35. The highest BCUT2D eigenvalue weighted by molar-refractivity contribution is 7.18. The summed E-state index contributed by atoms with van der Waals surface area (Å²) in [5, 5.41) is 0.606. The number of rotatable bonds is 3. The van der Waals surface area contributed by atoms with Gasteiger partial charge in [0.15, 0.2) is 0 Å². The number of carbonyl (C=O) groups is 1. The second-order valence-electron chi connectivity index (χ2n) is 4.96. The summed E-state index contributed by atoms with van der Waals surface area (Å²) in [7, 11) is 0. The molecule has 0 bridgehead atoms. The first kappa shape index (κ1) is 14.2. The summed E-state index contributed by atoms with van der Waals surface area (Å²) in [6.45, 7) is 4.37. The normalized spacial score (nSPS) is 15.6. The molecule has 1 aliphatic rings. The molecular formula is C14H17N3O3S. The van der Waals surface area contributed by atoms with Crippen molar-refractivity contribution < 1.29 is 9.53 Å². The number of fused-ring (bicyclic) bond motifs is 1.